The summed E-state index contributed by atoms with van der Waals surface area (Å²) in [5, 5.41) is 13.4. The van der Waals surface area contributed by atoms with Crippen LogP contribution >= 0.6 is 0 Å². The fourth-order valence-corrected chi connectivity index (χ4v) is 3.12. The Morgan fingerprint density at radius 1 is 1.28 bits per heavy atom. The number of hydrogen-bond donors (Lipinski definition) is 2. The zero-order valence-electron chi connectivity index (χ0n) is 14.5. The van der Waals surface area contributed by atoms with Gasteiger partial charge in [-0.05, 0) is 44.4 Å². The van der Waals surface area contributed by atoms with E-state index in [0.29, 0.717) is 11.5 Å². The van der Waals surface area contributed by atoms with Gasteiger partial charge in [-0.2, -0.15) is 0 Å². The van der Waals surface area contributed by atoms with Gasteiger partial charge in [-0.25, -0.2) is 9.18 Å². The Morgan fingerprint density at radius 3 is 2.72 bits per heavy atom. The van der Waals surface area contributed by atoms with Gasteiger partial charge in [0, 0.05) is 20.1 Å². The zero-order valence-corrected chi connectivity index (χ0v) is 14.5. The number of anilines is 2. The van der Waals surface area contributed by atoms with Gasteiger partial charge < -0.3 is 20.1 Å². The molecule has 7 nitrogen and oxygen atoms in total. The summed E-state index contributed by atoms with van der Waals surface area (Å²) in [6.07, 6.45) is 4.99. The number of halogens is 1. The van der Waals surface area contributed by atoms with E-state index < -0.39 is 6.03 Å². The van der Waals surface area contributed by atoms with E-state index in [1.165, 1.54) is 18.6 Å². The molecule has 0 saturated carbocycles. The smallest absolute Gasteiger partial charge is 0.319 e. The molecule has 1 aromatic carbocycles. The van der Waals surface area contributed by atoms with Crippen LogP contribution in [-0.2, 0) is 7.05 Å². The lowest BCUT2D eigenvalue weighted by atomic mass is 10.1. The van der Waals surface area contributed by atoms with Crippen LogP contribution in [-0.4, -0.2) is 33.9 Å². The van der Waals surface area contributed by atoms with Crippen LogP contribution in [0.3, 0.4) is 0 Å². The van der Waals surface area contributed by atoms with E-state index in [2.05, 4.69) is 25.7 Å². The van der Waals surface area contributed by atoms with Crippen LogP contribution in [0.15, 0.2) is 24.5 Å². The number of urea groups is 1. The molecular weight excluding hydrogens is 323 g/mol. The van der Waals surface area contributed by atoms with Gasteiger partial charge in [-0.1, -0.05) is 0 Å². The van der Waals surface area contributed by atoms with Crippen molar-refractivity contribution < 1.29 is 9.18 Å². The molecule has 0 radical (unpaired) electrons. The Balaban J connectivity index is 1.72. The lowest BCUT2D eigenvalue weighted by Crippen LogP contribution is -2.34. The van der Waals surface area contributed by atoms with Crippen molar-refractivity contribution in [1.82, 2.24) is 20.1 Å². The Labute approximate surface area is 146 Å². The Bertz CT molecular complexity index is 740. The quantitative estimate of drug-likeness (QED) is 0.893. The summed E-state index contributed by atoms with van der Waals surface area (Å²) < 4.78 is 15.4. The highest BCUT2D eigenvalue weighted by Crippen LogP contribution is 2.29. The summed E-state index contributed by atoms with van der Waals surface area (Å²) in [6, 6.07) is 3.78. The standard InChI is InChI=1S/C17H23FN6O/c1-12(16-22-19-11-23(16)2)20-17(25)21-14-10-13(18)6-7-15(14)24-8-4-3-5-9-24/h6-7,10-12H,3-5,8-9H2,1-2H3,(H2,20,21,25). The summed E-state index contributed by atoms with van der Waals surface area (Å²) in [4.78, 5) is 14.5. The van der Waals surface area contributed by atoms with E-state index in [9.17, 15) is 9.18 Å². The average molecular weight is 346 g/mol. The highest BCUT2D eigenvalue weighted by Gasteiger charge is 2.18. The molecule has 25 heavy (non-hydrogen) atoms. The van der Waals surface area contributed by atoms with Crippen molar-refractivity contribution in [3.8, 4) is 0 Å². The predicted octanol–water partition coefficient (Wildman–Crippen LogP) is 2.83. The molecule has 1 unspecified atom stereocenters. The summed E-state index contributed by atoms with van der Waals surface area (Å²) >= 11 is 0. The third kappa shape index (κ3) is 4.07. The first-order valence-corrected chi connectivity index (χ1v) is 8.50. The molecule has 1 atom stereocenters. The van der Waals surface area contributed by atoms with Gasteiger partial charge in [0.2, 0.25) is 0 Å². The number of carbonyl (C=O) groups excluding carboxylic acids is 1. The molecule has 1 fully saturated rings. The van der Waals surface area contributed by atoms with Crippen molar-refractivity contribution in [2.75, 3.05) is 23.3 Å². The molecule has 0 aliphatic carbocycles. The highest BCUT2D eigenvalue weighted by atomic mass is 19.1. The zero-order chi connectivity index (χ0) is 17.8. The molecule has 3 rings (SSSR count). The van der Waals surface area contributed by atoms with Crippen LogP contribution in [0.5, 0.6) is 0 Å². The van der Waals surface area contributed by atoms with E-state index in [-0.39, 0.29) is 11.9 Å². The van der Waals surface area contributed by atoms with Crippen LogP contribution in [0.4, 0.5) is 20.6 Å². The maximum Gasteiger partial charge on any atom is 0.319 e. The molecule has 0 spiro atoms. The molecule has 2 N–H and O–H groups in total. The first-order valence-electron chi connectivity index (χ1n) is 8.50. The number of carbonyl (C=O) groups is 1. The molecule has 1 saturated heterocycles. The van der Waals surface area contributed by atoms with Crippen LogP contribution < -0.4 is 15.5 Å². The highest BCUT2D eigenvalue weighted by molar-refractivity contribution is 5.93. The van der Waals surface area contributed by atoms with E-state index >= 15 is 0 Å². The van der Waals surface area contributed by atoms with Gasteiger partial charge in [0.15, 0.2) is 5.82 Å². The second-order valence-electron chi connectivity index (χ2n) is 6.33. The van der Waals surface area contributed by atoms with Crippen LogP contribution in [0, 0.1) is 5.82 Å². The Morgan fingerprint density at radius 2 is 2.04 bits per heavy atom. The van der Waals surface area contributed by atoms with Crippen molar-refractivity contribution >= 4 is 17.4 Å². The number of amides is 2. The van der Waals surface area contributed by atoms with Gasteiger partial charge in [0.05, 0.1) is 17.4 Å². The second-order valence-corrected chi connectivity index (χ2v) is 6.33. The summed E-state index contributed by atoms with van der Waals surface area (Å²) in [5.41, 5.74) is 1.33. The fourth-order valence-electron chi connectivity index (χ4n) is 3.12. The lowest BCUT2D eigenvalue weighted by Gasteiger charge is -2.30. The van der Waals surface area contributed by atoms with Gasteiger partial charge in [0.1, 0.15) is 12.1 Å². The SMILES string of the molecule is CC(NC(=O)Nc1cc(F)ccc1N1CCCCC1)c1nncn1C. The van der Waals surface area contributed by atoms with E-state index in [4.69, 9.17) is 0 Å². The number of rotatable bonds is 4. The first-order chi connectivity index (χ1) is 12.0. The third-order valence-electron chi connectivity index (χ3n) is 4.38. The first kappa shape index (κ1) is 17.2. The van der Waals surface area contributed by atoms with Crippen molar-refractivity contribution in [3.05, 3.63) is 36.2 Å². The van der Waals surface area contributed by atoms with Crippen molar-refractivity contribution in [3.63, 3.8) is 0 Å². The summed E-state index contributed by atoms with van der Waals surface area (Å²) in [7, 11) is 1.81. The summed E-state index contributed by atoms with van der Waals surface area (Å²) in [6.45, 7) is 3.65. The normalized spacial score (nSPS) is 15.7. The number of nitrogens with zero attached hydrogens (tertiary/aromatic N) is 4. The molecule has 1 aliphatic rings. The number of aromatic nitrogens is 3. The maximum atomic E-state index is 13.7. The number of nitrogens with one attached hydrogen (secondary N) is 2. The topological polar surface area (TPSA) is 75.1 Å². The van der Waals surface area contributed by atoms with Crippen LogP contribution in [0.2, 0.25) is 0 Å². The summed E-state index contributed by atoms with van der Waals surface area (Å²) in [5.74, 6) is 0.267. The molecule has 8 heteroatoms. The number of benzene rings is 1. The molecule has 2 aromatic rings. The molecule has 1 aliphatic heterocycles. The van der Waals surface area contributed by atoms with Crippen molar-refractivity contribution in [2.24, 2.45) is 7.05 Å². The van der Waals surface area contributed by atoms with Gasteiger partial charge in [0.25, 0.3) is 0 Å². The molecule has 2 heterocycles. The largest absolute Gasteiger partial charge is 0.370 e. The van der Waals surface area contributed by atoms with E-state index in [0.717, 1.165) is 31.6 Å². The van der Waals surface area contributed by atoms with E-state index in [1.54, 1.807) is 17.0 Å². The van der Waals surface area contributed by atoms with Gasteiger partial charge in [-0.3, -0.25) is 0 Å². The molecular formula is C17H23FN6O. The Kier molecular flexibility index (Phi) is 5.16. The van der Waals surface area contributed by atoms with Crippen LogP contribution in [0.25, 0.3) is 0 Å². The minimum Gasteiger partial charge on any atom is -0.370 e. The predicted molar refractivity (Wildman–Crippen MR) is 94.0 cm³/mol. The average Bonchev–Trinajstić information content (AvgIpc) is 3.02. The monoisotopic (exact) mass is 346 g/mol. The maximum absolute atomic E-state index is 13.7. The number of aryl methyl sites for hydroxylation is 1. The minimum atomic E-state index is -0.403. The minimum absolute atomic E-state index is 0.320. The lowest BCUT2D eigenvalue weighted by molar-refractivity contribution is 0.248. The molecule has 1 aromatic heterocycles. The third-order valence-corrected chi connectivity index (χ3v) is 4.38. The Hall–Kier alpha value is -2.64. The van der Waals surface area contributed by atoms with Gasteiger partial charge >= 0.3 is 6.03 Å². The van der Waals surface area contributed by atoms with Crippen molar-refractivity contribution in [2.45, 2.75) is 32.2 Å². The van der Waals surface area contributed by atoms with Crippen molar-refractivity contribution in [1.29, 1.82) is 0 Å². The number of piperidine rings is 1. The van der Waals surface area contributed by atoms with E-state index in [1.807, 2.05) is 14.0 Å². The molecule has 2 amide bonds. The van der Waals surface area contributed by atoms with Gasteiger partial charge in [-0.15, -0.1) is 10.2 Å². The molecule has 0 bridgehead atoms. The molecule has 134 valence electrons. The van der Waals surface area contributed by atoms with Crippen LogP contribution in [0.1, 0.15) is 38.1 Å². The second kappa shape index (κ2) is 7.50. The number of hydrogen-bond acceptors (Lipinski definition) is 4. The fraction of sp³-hybridized carbons (Fsp3) is 0.471.